The van der Waals surface area contributed by atoms with E-state index in [1.165, 1.54) is 26.2 Å². The van der Waals surface area contributed by atoms with Gasteiger partial charge in [0.2, 0.25) is 11.5 Å². The maximum atomic E-state index is 13.8. The van der Waals surface area contributed by atoms with Crippen molar-refractivity contribution in [2.24, 2.45) is 0 Å². The Bertz CT molecular complexity index is 1520. The Balaban J connectivity index is 1.85. The SMILES string of the molecule is COc1cc(C2c3c(oc4ccc(Br)cc4c3=O)C(=O)N2c2cccc(Cl)c2)cc(OC)c1OC. The third-order valence-corrected chi connectivity index (χ3v) is 6.65. The van der Waals surface area contributed by atoms with Crippen molar-refractivity contribution in [3.05, 3.63) is 91.2 Å². The van der Waals surface area contributed by atoms with Crippen molar-refractivity contribution in [2.75, 3.05) is 26.2 Å². The van der Waals surface area contributed by atoms with Crippen molar-refractivity contribution in [3.63, 3.8) is 0 Å². The molecule has 3 aromatic carbocycles. The second kappa shape index (κ2) is 8.94. The Hall–Kier alpha value is -3.49. The summed E-state index contributed by atoms with van der Waals surface area (Å²) >= 11 is 9.67. The minimum atomic E-state index is -0.829. The molecule has 35 heavy (non-hydrogen) atoms. The third kappa shape index (κ3) is 3.73. The highest BCUT2D eigenvalue weighted by Crippen LogP contribution is 2.46. The average Bonchev–Trinajstić information content (AvgIpc) is 3.16. The Kier molecular flexibility index (Phi) is 5.94. The van der Waals surface area contributed by atoms with E-state index < -0.39 is 11.9 Å². The summed E-state index contributed by atoms with van der Waals surface area (Å²) in [7, 11) is 4.51. The maximum Gasteiger partial charge on any atom is 0.295 e. The Labute approximate surface area is 213 Å². The number of rotatable bonds is 5. The maximum absolute atomic E-state index is 13.8. The molecular formula is C26H19BrClNO6. The third-order valence-electron chi connectivity index (χ3n) is 5.92. The van der Waals surface area contributed by atoms with E-state index in [9.17, 15) is 9.59 Å². The van der Waals surface area contributed by atoms with Crippen LogP contribution in [-0.2, 0) is 0 Å². The van der Waals surface area contributed by atoms with Crippen LogP contribution in [0, 0.1) is 0 Å². The van der Waals surface area contributed by atoms with Gasteiger partial charge in [-0.25, -0.2) is 0 Å². The molecule has 1 amide bonds. The van der Waals surface area contributed by atoms with Crippen molar-refractivity contribution in [3.8, 4) is 17.2 Å². The molecule has 1 atom stereocenters. The summed E-state index contributed by atoms with van der Waals surface area (Å²) in [5.74, 6) is 0.696. The molecule has 1 aromatic heterocycles. The number of carbonyl (C=O) groups is 1. The number of carbonyl (C=O) groups excluding carboxylic acids is 1. The van der Waals surface area contributed by atoms with E-state index in [-0.39, 0.29) is 16.8 Å². The summed E-state index contributed by atoms with van der Waals surface area (Å²) in [4.78, 5) is 29.0. The van der Waals surface area contributed by atoms with Crippen LogP contribution in [0.3, 0.4) is 0 Å². The van der Waals surface area contributed by atoms with Crippen LogP contribution in [0.2, 0.25) is 5.02 Å². The predicted octanol–water partition coefficient (Wildman–Crippen LogP) is 5.98. The molecule has 0 spiro atoms. The van der Waals surface area contributed by atoms with E-state index in [2.05, 4.69) is 15.9 Å². The first-order chi connectivity index (χ1) is 16.9. The summed E-state index contributed by atoms with van der Waals surface area (Å²) in [6.45, 7) is 0. The zero-order valence-electron chi connectivity index (χ0n) is 18.9. The monoisotopic (exact) mass is 555 g/mol. The zero-order chi connectivity index (χ0) is 24.9. The molecule has 4 aromatic rings. The molecule has 1 aliphatic heterocycles. The van der Waals surface area contributed by atoms with E-state index in [1.54, 1.807) is 54.6 Å². The van der Waals surface area contributed by atoms with Gasteiger partial charge in [0, 0.05) is 15.2 Å². The molecular weight excluding hydrogens is 538 g/mol. The van der Waals surface area contributed by atoms with Crippen molar-refractivity contribution >= 4 is 50.1 Å². The van der Waals surface area contributed by atoms with Crippen LogP contribution in [0.4, 0.5) is 5.69 Å². The molecule has 0 saturated carbocycles. The van der Waals surface area contributed by atoms with Gasteiger partial charge in [-0.3, -0.25) is 14.5 Å². The normalized spacial score (nSPS) is 14.8. The van der Waals surface area contributed by atoms with Gasteiger partial charge in [-0.2, -0.15) is 0 Å². The zero-order valence-corrected chi connectivity index (χ0v) is 21.3. The predicted molar refractivity (Wildman–Crippen MR) is 136 cm³/mol. The molecule has 0 N–H and O–H groups in total. The van der Waals surface area contributed by atoms with Crippen LogP contribution < -0.4 is 24.5 Å². The van der Waals surface area contributed by atoms with Crippen LogP contribution >= 0.6 is 27.5 Å². The molecule has 2 heterocycles. The van der Waals surface area contributed by atoms with Gasteiger partial charge in [-0.15, -0.1) is 0 Å². The van der Waals surface area contributed by atoms with Gasteiger partial charge in [0.15, 0.2) is 16.9 Å². The molecule has 5 rings (SSSR count). The van der Waals surface area contributed by atoms with E-state index >= 15 is 0 Å². The van der Waals surface area contributed by atoms with Gasteiger partial charge in [0.1, 0.15) is 5.58 Å². The number of benzene rings is 3. The lowest BCUT2D eigenvalue weighted by Gasteiger charge is -2.26. The van der Waals surface area contributed by atoms with Crippen LogP contribution in [0.15, 0.2) is 68.3 Å². The number of fused-ring (bicyclic) bond motifs is 2. The van der Waals surface area contributed by atoms with Crippen molar-refractivity contribution in [1.82, 2.24) is 0 Å². The minimum absolute atomic E-state index is 0.0245. The molecule has 1 unspecified atom stereocenters. The second-order valence-electron chi connectivity index (χ2n) is 7.83. The first kappa shape index (κ1) is 23.3. The number of nitrogens with zero attached hydrogens (tertiary/aromatic N) is 1. The fourth-order valence-electron chi connectivity index (χ4n) is 4.41. The minimum Gasteiger partial charge on any atom is -0.493 e. The first-order valence-corrected chi connectivity index (χ1v) is 11.7. The van der Waals surface area contributed by atoms with E-state index in [4.69, 9.17) is 30.2 Å². The van der Waals surface area contributed by atoms with Gasteiger partial charge < -0.3 is 18.6 Å². The van der Waals surface area contributed by atoms with Crippen LogP contribution in [0.1, 0.15) is 27.7 Å². The molecule has 7 nitrogen and oxygen atoms in total. The van der Waals surface area contributed by atoms with Crippen molar-refractivity contribution in [2.45, 2.75) is 6.04 Å². The fourth-order valence-corrected chi connectivity index (χ4v) is 4.96. The average molecular weight is 557 g/mol. The van der Waals surface area contributed by atoms with E-state index in [0.29, 0.717) is 44.5 Å². The van der Waals surface area contributed by atoms with Gasteiger partial charge in [-0.05, 0) is 54.1 Å². The summed E-state index contributed by atoms with van der Waals surface area (Å²) in [5, 5.41) is 0.805. The summed E-state index contributed by atoms with van der Waals surface area (Å²) in [5.41, 5.74) is 1.32. The van der Waals surface area contributed by atoms with Gasteiger partial charge in [-0.1, -0.05) is 33.6 Å². The van der Waals surface area contributed by atoms with Gasteiger partial charge >= 0.3 is 0 Å². The molecule has 0 radical (unpaired) electrons. The lowest BCUT2D eigenvalue weighted by atomic mass is 9.97. The Morgan fingerprint density at radius 3 is 2.29 bits per heavy atom. The quantitative estimate of drug-likeness (QED) is 0.301. The number of anilines is 1. The molecule has 0 fully saturated rings. The highest BCUT2D eigenvalue weighted by Gasteiger charge is 2.44. The van der Waals surface area contributed by atoms with Crippen molar-refractivity contribution in [1.29, 1.82) is 0 Å². The fraction of sp³-hybridized carbons (Fsp3) is 0.154. The van der Waals surface area contributed by atoms with Crippen LogP contribution in [0.25, 0.3) is 11.0 Å². The second-order valence-corrected chi connectivity index (χ2v) is 9.18. The number of methoxy groups -OCH3 is 3. The highest BCUT2D eigenvalue weighted by molar-refractivity contribution is 9.10. The van der Waals surface area contributed by atoms with Crippen LogP contribution in [-0.4, -0.2) is 27.2 Å². The lowest BCUT2D eigenvalue weighted by Crippen LogP contribution is -2.29. The van der Waals surface area contributed by atoms with Gasteiger partial charge in [0.25, 0.3) is 5.91 Å². The smallest absolute Gasteiger partial charge is 0.295 e. The molecule has 0 saturated heterocycles. The molecule has 178 valence electrons. The van der Waals surface area contributed by atoms with Crippen molar-refractivity contribution < 1.29 is 23.4 Å². The highest BCUT2D eigenvalue weighted by atomic mass is 79.9. The summed E-state index contributed by atoms with van der Waals surface area (Å²) < 4.78 is 23.3. The Morgan fingerprint density at radius 2 is 1.66 bits per heavy atom. The standard InChI is InChI=1S/C26H19BrClNO6/c1-32-19-9-13(10-20(33-2)24(19)34-3)22-21-23(30)17-11-14(27)7-8-18(17)35-25(21)26(31)29(22)16-6-4-5-15(28)12-16/h4-12,22H,1-3H3. The van der Waals surface area contributed by atoms with E-state index in [1.807, 2.05) is 0 Å². The topological polar surface area (TPSA) is 78.2 Å². The van der Waals surface area contributed by atoms with Gasteiger partial charge in [0.05, 0.1) is 38.3 Å². The molecule has 9 heteroatoms. The number of hydrogen-bond acceptors (Lipinski definition) is 6. The number of ether oxygens (including phenoxy) is 3. The lowest BCUT2D eigenvalue weighted by molar-refractivity contribution is 0.0971. The van der Waals surface area contributed by atoms with E-state index in [0.717, 1.165) is 4.47 Å². The molecule has 0 bridgehead atoms. The Morgan fingerprint density at radius 1 is 0.943 bits per heavy atom. The number of amides is 1. The molecule has 0 aliphatic carbocycles. The first-order valence-electron chi connectivity index (χ1n) is 10.5. The van der Waals surface area contributed by atoms with Crippen LogP contribution in [0.5, 0.6) is 17.2 Å². The largest absolute Gasteiger partial charge is 0.493 e. The molecule has 1 aliphatic rings. The number of halogens is 2. The summed E-state index contributed by atoms with van der Waals surface area (Å²) in [6, 6.07) is 14.6. The summed E-state index contributed by atoms with van der Waals surface area (Å²) in [6.07, 6.45) is 0. The number of hydrogen-bond donors (Lipinski definition) is 0.